The number of Topliss-reactive ketones (excluding diaryl/α,β-unsaturated/α-hetero) is 1. The van der Waals surface area contributed by atoms with E-state index in [0.717, 1.165) is 16.8 Å². The van der Waals surface area contributed by atoms with Gasteiger partial charge in [0.05, 0.1) is 29.8 Å². The van der Waals surface area contributed by atoms with Gasteiger partial charge in [-0.25, -0.2) is 4.98 Å². The minimum absolute atomic E-state index is 0.00433. The predicted molar refractivity (Wildman–Crippen MR) is 126 cm³/mol. The maximum absolute atomic E-state index is 12.8. The topological polar surface area (TPSA) is 52.1 Å². The summed E-state index contributed by atoms with van der Waals surface area (Å²) in [5.74, 6) is 0.952. The number of methoxy groups -OCH3 is 1. The van der Waals surface area contributed by atoms with Crippen LogP contribution < -0.4 is 4.74 Å². The lowest BCUT2D eigenvalue weighted by atomic mass is 10.1. The van der Waals surface area contributed by atoms with E-state index in [9.17, 15) is 4.79 Å². The van der Waals surface area contributed by atoms with Crippen LogP contribution in [0.1, 0.15) is 10.4 Å². The van der Waals surface area contributed by atoms with Gasteiger partial charge < -0.3 is 4.74 Å². The molecule has 3 aromatic carbocycles. The quantitative estimate of drug-likeness (QED) is 0.241. The maximum atomic E-state index is 12.8. The molecule has 0 atom stereocenters. The predicted octanol–water partition coefficient (Wildman–Crippen LogP) is 6.45. The van der Waals surface area contributed by atoms with Crippen molar-refractivity contribution in [1.82, 2.24) is 9.97 Å². The highest BCUT2D eigenvalue weighted by Crippen LogP contribution is 2.34. The summed E-state index contributed by atoms with van der Waals surface area (Å²) in [7, 11) is 1.60. The van der Waals surface area contributed by atoms with Gasteiger partial charge >= 0.3 is 0 Å². The zero-order valence-electron chi connectivity index (χ0n) is 16.8. The van der Waals surface area contributed by atoms with E-state index in [4.69, 9.17) is 21.3 Å². The first kappa shape index (κ1) is 21.1. The molecule has 4 nitrogen and oxygen atoms in total. The van der Waals surface area contributed by atoms with Gasteiger partial charge in [-0.05, 0) is 30.3 Å². The average Bonchev–Trinajstić information content (AvgIpc) is 2.83. The summed E-state index contributed by atoms with van der Waals surface area (Å²) in [6.45, 7) is 0. The molecule has 0 saturated carbocycles. The maximum Gasteiger partial charge on any atom is 0.173 e. The molecule has 1 aromatic heterocycles. The Morgan fingerprint density at radius 3 is 2.39 bits per heavy atom. The number of rotatable bonds is 7. The van der Waals surface area contributed by atoms with E-state index in [1.807, 2.05) is 54.6 Å². The molecule has 0 aliphatic heterocycles. The van der Waals surface area contributed by atoms with Crippen molar-refractivity contribution in [2.75, 3.05) is 12.9 Å². The Bertz CT molecular complexity index is 1200. The minimum atomic E-state index is 0.00433. The van der Waals surface area contributed by atoms with E-state index in [1.54, 1.807) is 37.6 Å². The number of ether oxygens (including phenoxy) is 1. The van der Waals surface area contributed by atoms with Crippen molar-refractivity contribution in [2.45, 2.75) is 5.03 Å². The number of hydrogen-bond acceptors (Lipinski definition) is 5. The SMILES string of the molecule is COc1ccc(C(=O)CSc2nc(-c3ccccc3)cnc2-c2ccccc2Cl)cc1. The van der Waals surface area contributed by atoms with Crippen molar-refractivity contribution in [3.8, 4) is 28.3 Å². The third-order valence-corrected chi connectivity index (χ3v) is 5.99. The van der Waals surface area contributed by atoms with Crippen LogP contribution in [-0.4, -0.2) is 28.6 Å². The lowest BCUT2D eigenvalue weighted by Gasteiger charge is -2.11. The van der Waals surface area contributed by atoms with Crippen LogP contribution in [0.2, 0.25) is 5.02 Å². The third-order valence-electron chi connectivity index (χ3n) is 4.69. The molecular weight excluding hydrogens is 428 g/mol. The Labute approximate surface area is 190 Å². The summed E-state index contributed by atoms with van der Waals surface area (Å²) < 4.78 is 5.16. The van der Waals surface area contributed by atoms with Crippen molar-refractivity contribution >= 4 is 29.1 Å². The minimum Gasteiger partial charge on any atom is -0.497 e. The van der Waals surface area contributed by atoms with Crippen LogP contribution >= 0.6 is 23.4 Å². The van der Waals surface area contributed by atoms with Gasteiger partial charge in [0.25, 0.3) is 0 Å². The van der Waals surface area contributed by atoms with Gasteiger partial charge in [0.1, 0.15) is 16.5 Å². The van der Waals surface area contributed by atoms with E-state index in [0.29, 0.717) is 27.1 Å². The molecule has 31 heavy (non-hydrogen) atoms. The number of halogens is 1. The normalized spacial score (nSPS) is 10.6. The Hall–Kier alpha value is -3.15. The van der Waals surface area contributed by atoms with Crippen LogP contribution in [0.4, 0.5) is 0 Å². The fraction of sp³-hybridized carbons (Fsp3) is 0.0800. The first-order chi connectivity index (χ1) is 15.2. The molecule has 1 heterocycles. The van der Waals surface area contributed by atoms with Crippen LogP contribution in [-0.2, 0) is 0 Å². The van der Waals surface area contributed by atoms with E-state index in [-0.39, 0.29) is 11.5 Å². The molecule has 4 rings (SSSR count). The van der Waals surface area contributed by atoms with Crippen molar-refractivity contribution in [2.24, 2.45) is 0 Å². The smallest absolute Gasteiger partial charge is 0.173 e. The second kappa shape index (κ2) is 9.77. The second-order valence-corrected chi connectivity index (χ2v) is 8.07. The van der Waals surface area contributed by atoms with Crippen LogP contribution in [0.5, 0.6) is 5.75 Å². The van der Waals surface area contributed by atoms with Crippen molar-refractivity contribution in [1.29, 1.82) is 0 Å². The number of carbonyl (C=O) groups excluding carboxylic acids is 1. The molecular formula is C25H19ClN2O2S. The molecule has 0 fully saturated rings. The van der Waals surface area contributed by atoms with E-state index < -0.39 is 0 Å². The van der Waals surface area contributed by atoms with Crippen molar-refractivity contribution < 1.29 is 9.53 Å². The monoisotopic (exact) mass is 446 g/mol. The fourth-order valence-corrected chi connectivity index (χ4v) is 4.17. The summed E-state index contributed by atoms with van der Waals surface area (Å²) in [6, 6.07) is 24.4. The van der Waals surface area contributed by atoms with E-state index in [1.165, 1.54) is 11.8 Å². The van der Waals surface area contributed by atoms with E-state index in [2.05, 4.69) is 4.98 Å². The highest BCUT2D eigenvalue weighted by atomic mass is 35.5. The zero-order chi connectivity index (χ0) is 21.6. The van der Waals surface area contributed by atoms with Crippen molar-refractivity contribution in [3.05, 3.63) is 95.6 Å². The average molecular weight is 447 g/mol. The Morgan fingerprint density at radius 1 is 0.968 bits per heavy atom. The molecule has 0 bridgehead atoms. The summed E-state index contributed by atoms with van der Waals surface area (Å²) in [5.41, 5.74) is 3.79. The summed E-state index contributed by atoms with van der Waals surface area (Å²) in [5, 5.41) is 1.25. The van der Waals surface area contributed by atoms with Crippen LogP contribution in [0.25, 0.3) is 22.5 Å². The molecule has 0 spiro atoms. The van der Waals surface area contributed by atoms with Gasteiger partial charge in [-0.1, -0.05) is 71.9 Å². The molecule has 154 valence electrons. The Morgan fingerprint density at radius 2 is 1.68 bits per heavy atom. The number of thioether (sulfide) groups is 1. The Balaban J connectivity index is 1.66. The number of nitrogens with zero attached hydrogens (tertiary/aromatic N) is 2. The fourth-order valence-electron chi connectivity index (χ4n) is 3.05. The van der Waals surface area contributed by atoms with Gasteiger partial charge in [0, 0.05) is 16.7 Å². The second-order valence-electron chi connectivity index (χ2n) is 6.70. The van der Waals surface area contributed by atoms with Gasteiger partial charge in [-0.15, -0.1) is 0 Å². The molecule has 0 radical (unpaired) electrons. The first-order valence-electron chi connectivity index (χ1n) is 9.63. The molecule has 0 aliphatic rings. The third kappa shape index (κ3) is 4.95. The highest BCUT2D eigenvalue weighted by molar-refractivity contribution is 8.00. The summed E-state index contributed by atoms with van der Waals surface area (Å²) in [4.78, 5) is 22.2. The number of aromatic nitrogens is 2. The van der Waals surface area contributed by atoms with Crippen molar-refractivity contribution in [3.63, 3.8) is 0 Å². The largest absolute Gasteiger partial charge is 0.497 e. The Kier molecular flexibility index (Phi) is 6.65. The number of benzene rings is 3. The first-order valence-corrected chi connectivity index (χ1v) is 11.0. The standard InChI is InChI=1S/C25H19ClN2O2S/c1-30-19-13-11-18(12-14-19)23(29)16-31-25-24(20-9-5-6-10-21(20)26)27-15-22(28-25)17-7-3-2-4-8-17/h2-15H,16H2,1H3. The lowest BCUT2D eigenvalue weighted by molar-refractivity contribution is 0.102. The van der Waals surface area contributed by atoms with E-state index >= 15 is 0 Å². The van der Waals surface area contributed by atoms with Gasteiger partial charge in [0.15, 0.2) is 5.78 Å². The summed E-state index contributed by atoms with van der Waals surface area (Å²) in [6.07, 6.45) is 1.74. The molecule has 4 aromatic rings. The van der Waals surface area contributed by atoms with Gasteiger partial charge in [0.2, 0.25) is 0 Å². The highest BCUT2D eigenvalue weighted by Gasteiger charge is 2.16. The molecule has 0 saturated heterocycles. The molecule has 0 unspecified atom stereocenters. The van der Waals surface area contributed by atoms with Crippen LogP contribution in [0.15, 0.2) is 90.1 Å². The molecule has 0 aliphatic carbocycles. The number of hydrogen-bond donors (Lipinski definition) is 0. The zero-order valence-corrected chi connectivity index (χ0v) is 18.4. The lowest BCUT2D eigenvalue weighted by Crippen LogP contribution is -2.04. The summed E-state index contributed by atoms with van der Waals surface area (Å²) >= 11 is 7.78. The van der Waals surface area contributed by atoms with Gasteiger partial charge in [-0.3, -0.25) is 9.78 Å². The van der Waals surface area contributed by atoms with Gasteiger partial charge in [-0.2, -0.15) is 0 Å². The molecule has 0 N–H and O–H groups in total. The van der Waals surface area contributed by atoms with Crippen LogP contribution in [0, 0.1) is 0 Å². The number of ketones is 1. The molecule has 0 amide bonds. The molecule has 6 heteroatoms. The number of carbonyl (C=O) groups is 1. The van der Waals surface area contributed by atoms with Crippen LogP contribution in [0.3, 0.4) is 0 Å².